The number of hydrogen-bond acceptors (Lipinski definition) is 12. The summed E-state index contributed by atoms with van der Waals surface area (Å²) in [5.41, 5.74) is 2.63. The number of rotatable bonds is 12. The Morgan fingerprint density at radius 1 is 0.780 bits per heavy atom. The molecule has 2 aromatic rings. The molecular weight excluding hydrogens is 587 g/mol. The van der Waals surface area contributed by atoms with E-state index in [-0.39, 0.29) is 18.9 Å². The van der Waals surface area contributed by atoms with Crippen LogP contribution in [-0.4, -0.2) is 47.5 Å². The van der Waals surface area contributed by atoms with Crippen molar-refractivity contribution in [1.29, 1.82) is 0 Å². The summed E-state index contributed by atoms with van der Waals surface area (Å²) in [5, 5.41) is 3.06. The Hall–Kier alpha value is -2.63. The van der Waals surface area contributed by atoms with Gasteiger partial charge in [-0.15, -0.1) is 0 Å². The first-order valence-corrected chi connectivity index (χ1v) is 17.4. The molecule has 2 fully saturated rings. The first kappa shape index (κ1) is 31.3. The van der Waals surface area contributed by atoms with E-state index < -0.39 is 38.0 Å². The third-order valence-electron chi connectivity index (χ3n) is 6.40. The zero-order valence-electron chi connectivity index (χ0n) is 22.6. The molecule has 0 amide bonds. The minimum atomic E-state index is -4.54. The van der Waals surface area contributed by atoms with E-state index in [4.69, 9.17) is 18.4 Å². The van der Waals surface area contributed by atoms with Crippen LogP contribution in [0.3, 0.4) is 0 Å². The molecule has 1 saturated heterocycles. The molecule has 10 nitrogen and oxygen atoms in total. The molecule has 0 aromatic heterocycles. The predicted molar refractivity (Wildman–Crippen MR) is 158 cm³/mol. The first-order valence-electron chi connectivity index (χ1n) is 13.7. The van der Waals surface area contributed by atoms with Crippen molar-refractivity contribution in [2.45, 2.75) is 73.2 Å². The third kappa shape index (κ3) is 10.3. The second-order valence-electron chi connectivity index (χ2n) is 9.57. The molecule has 1 heterocycles. The summed E-state index contributed by atoms with van der Waals surface area (Å²) in [6, 6.07) is 18.8. The van der Waals surface area contributed by atoms with Crippen molar-refractivity contribution in [1.82, 2.24) is 10.6 Å². The second-order valence-corrected chi connectivity index (χ2v) is 13.9. The molecule has 13 heteroatoms. The Balaban J connectivity index is 1.42. The van der Waals surface area contributed by atoms with Crippen molar-refractivity contribution in [3.05, 3.63) is 60.7 Å². The summed E-state index contributed by atoms with van der Waals surface area (Å²) < 4.78 is 16.8. The maximum absolute atomic E-state index is 13.0. The van der Waals surface area contributed by atoms with Crippen molar-refractivity contribution in [2.24, 2.45) is 0 Å². The summed E-state index contributed by atoms with van der Waals surface area (Å²) in [5.74, 6) is -2.78. The van der Waals surface area contributed by atoms with E-state index >= 15 is 0 Å². The SMILES string of the molecule is O=C(CCCSc1ccccc1)O[PH]1(OC(=O)CCCSc2ccccc2)NC2CCCCC2NOC(=O)C(=O)O1. The number of hydroxylamine groups is 1. The zero-order chi connectivity index (χ0) is 28.9. The Bertz CT molecular complexity index is 1110. The first-order chi connectivity index (χ1) is 19.9. The molecule has 2 aromatic carbocycles. The fraction of sp³-hybridized carbons (Fsp3) is 0.429. The van der Waals surface area contributed by atoms with Crippen LogP contribution in [0, 0.1) is 0 Å². The van der Waals surface area contributed by atoms with E-state index in [0.29, 0.717) is 37.2 Å². The third-order valence-corrected chi connectivity index (χ3v) is 10.8. The van der Waals surface area contributed by atoms with Gasteiger partial charge in [0.05, 0.1) is 0 Å². The molecule has 2 N–H and O–H groups in total. The molecule has 1 aliphatic heterocycles. The van der Waals surface area contributed by atoms with Crippen LogP contribution >= 0.6 is 31.6 Å². The van der Waals surface area contributed by atoms with Gasteiger partial charge in [0, 0.05) is 0 Å². The number of fused-ring (bicyclic) bond motifs is 1. The van der Waals surface area contributed by atoms with E-state index in [0.717, 1.165) is 22.6 Å². The van der Waals surface area contributed by atoms with Gasteiger partial charge in [-0.1, -0.05) is 0 Å². The van der Waals surface area contributed by atoms with Crippen LogP contribution in [-0.2, 0) is 37.6 Å². The molecule has 222 valence electrons. The van der Waals surface area contributed by atoms with E-state index in [9.17, 15) is 19.2 Å². The summed E-state index contributed by atoms with van der Waals surface area (Å²) in [6.07, 6.45) is 3.95. The van der Waals surface area contributed by atoms with Gasteiger partial charge in [0.15, 0.2) is 0 Å². The molecule has 2 atom stereocenters. The molecule has 0 radical (unpaired) electrons. The fourth-order valence-corrected chi connectivity index (χ4v) is 8.39. The van der Waals surface area contributed by atoms with Gasteiger partial charge >= 0.3 is 249 Å². The van der Waals surface area contributed by atoms with E-state index in [1.54, 1.807) is 23.5 Å². The Labute approximate surface area is 248 Å². The van der Waals surface area contributed by atoms with Crippen LogP contribution in [0.25, 0.3) is 0 Å². The molecule has 4 rings (SSSR count). The van der Waals surface area contributed by atoms with Gasteiger partial charge in [-0.2, -0.15) is 0 Å². The molecule has 1 aliphatic carbocycles. The van der Waals surface area contributed by atoms with Crippen LogP contribution in [0.15, 0.2) is 70.5 Å². The molecule has 1 saturated carbocycles. The van der Waals surface area contributed by atoms with Gasteiger partial charge in [0.2, 0.25) is 0 Å². The normalized spacial score (nSPS) is 21.1. The van der Waals surface area contributed by atoms with Gasteiger partial charge < -0.3 is 0 Å². The fourth-order valence-electron chi connectivity index (χ4n) is 4.41. The van der Waals surface area contributed by atoms with Crippen molar-refractivity contribution >= 4 is 55.5 Å². The number of carbonyl (C=O) groups excluding carboxylic acids is 4. The average molecular weight is 623 g/mol. The van der Waals surface area contributed by atoms with Gasteiger partial charge in [0.1, 0.15) is 0 Å². The number of nitrogens with one attached hydrogen (secondary N) is 2. The van der Waals surface area contributed by atoms with Gasteiger partial charge in [0.25, 0.3) is 0 Å². The number of hydrogen-bond donors (Lipinski definition) is 2. The second kappa shape index (κ2) is 16.1. The van der Waals surface area contributed by atoms with Gasteiger partial charge in [-0.3, -0.25) is 0 Å². The van der Waals surface area contributed by atoms with Crippen molar-refractivity contribution < 1.29 is 37.6 Å². The van der Waals surface area contributed by atoms with E-state index in [1.807, 2.05) is 60.7 Å². The molecule has 2 unspecified atom stereocenters. The van der Waals surface area contributed by atoms with E-state index in [1.165, 1.54) is 0 Å². The summed E-state index contributed by atoms with van der Waals surface area (Å²) in [7, 11) is -4.54. The Morgan fingerprint density at radius 2 is 1.29 bits per heavy atom. The van der Waals surface area contributed by atoms with Crippen LogP contribution in [0.4, 0.5) is 0 Å². The topological polar surface area (TPSA) is 129 Å². The maximum atomic E-state index is 13.0. The average Bonchev–Trinajstić information content (AvgIpc) is 3.02. The standard InChI is InChI=1S/C28H35N2O8PS2/c31-25(17-9-19-40-21-11-3-1-4-12-21)36-39(37-26(32)18-10-20-41-22-13-5-2-6-14-22)30-24-16-8-7-15-23(24)29-35-27(33)28(34)38-39/h1-6,11-14,23-24,29-30,39H,7-10,15-20H2. The zero-order valence-corrected chi connectivity index (χ0v) is 25.2. The van der Waals surface area contributed by atoms with E-state index in [2.05, 4.69) is 10.6 Å². The van der Waals surface area contributed by atoms with Gasteiger partial charge in [-0.05, 0) is 0 Å². The number of carbonyl (C=O) groups is 4. The summed E-state index contributed by atoms with van der Waals surface area (Å²) >= 11 is 3.20. The Morgan fingerprint density at radius 3 is 1.83 bits per heavy atom. The minimum absolute atomic E-state index is 0.00979. The van der Waals surface area contributed by atoms with Crippen molar-refractivity contribution in [2.75, 3.05) is 11.5 Å². The molecule has 41 heavy (non-hydrogen) atoms. The summed E-state index contributed by atoms with van der Waals surface area (Å²) in [4.78, 5) is 58.0. The van der Waals surface area contributed by atoms with Crippen molar-refractivity contribution in [3.63, 3.8) is 0 Å². The molecule has 0 bridgehead atoms. The van der Waals surface area contributed by atoms with Crippen LogP contribution in [0.5, 0.6) is 0 Å². The monoisotopic (exact) mass is 622 g/mol. The van der Waals surface area contributed by atoms with Crippen molar-refractivity contribution in [3.8, 4) is 0 Å². The van der Waals surface area contributed by atoms with Crippen LogP contribution < -0.4 is 10.6 Å². The molecule has 0 spiro atoms. The molecular formula is C28H35N2O8PS2. The number of thioether (sulfide) groups is 2. The molecule has 2 aliphatic rings. The van der Waals surface area contributed by atoms with Crippen LogP contribution in [0.2, 0.25) is 0 Å². The number of benzene rings is 2. The predicted octanol–water partition coefficient (Wildman–Crippen LogP) is 5.13. The van der Waals surface area contributed by atoms with Crippen LogP contribution in [0.1, 0.15) is 51.4 Å². The summed E-state index contributed by atoms with van der Waals surface area (Å²) in [6.45, 7) is 0. The van der Waals surface area contributed by atoms with Gasteiger partial charge in [-0.25, -0.2) is 0 Å². The Kier molecular flexibility index (Phi) is 12.3. The quantitative estimate of drug-likeness (QED) is 0.141.